The lowest BCUT2D eigenvalue weighted by Gasteiger charge is -2.34. The van der Waals surface area contributed by atoms with Crippen molar-refractivity contribution in [3.8, 4) is 17.2 Å². The van der Waals surface area contributed by atoms with Gasteiger partial charge in [-0.15, -0.1) is 0 Å². The van der Waals surface area contributed by atoms with Crippen molar-refractivity contribution in [2.75, 3.05) is 59.4 Å². The first kappa shape index (κ1) is 21.9. The van der Waals surface area contributed by atoms with Crippen LogP contribution < -0.4 is 19.5 Å². The highest BCUT2D eigenvalue weighted by molar-refractivity contribution is 5.94. The van der Waals surface area contributed by atoms with E-state index < -0.39 is 0 Å². The van der Waals surface area contributed by atoms with Gasteiger partial charge in [0.05, 0.1) is 33.6 Å². The van der Waals surface area contributed by atoms with Crippen molar-refractivity contribution in [2.24, 2.45) is 0 Å². The van der Waals surface area contributed by atoms with E-state index in [1.54, 1.807) is 45.6 Å². The van der Waals surface area contributed by atoms with Crippen molar-refractivity contribution >= 4 is 11.6 Å². The van der Waals surface area contributed by atoms with Gasteiger partial charge in [0.1, 0.15) is 23.1 Å². The summed E-state index contributed by atoms with van der Waals surface area (Å²) in [5, 5.41) is 2.90. The zero-order valence-electron chi connectivity index (χ0n) is 17.6. The Morgan fingerprint density at radius 1 is 0.933 bits per heavy atom. The maximum Gasteiger partial charge on any atom is 0.238 e. The first-order valence-corrected chi connectivity index (χ1v) is 9.81. The molecule has 0 unspecified atom stereocenters. The number of rotatable bonds is 8. The average molecular weight is 417 g/mol. The zero-order valence-corrected chi connectivity index (χ0v) is 17.6. The van der Waals surface area contributed by atoms with E-state index in [1.165, 1.54) is 12.1 Å². The van der Waals surface area contributed by atoms with Gasteiger partial charge in [-0.3, -0.25) is 14.6 Å². The van der Waals surface area contributed by atoms with Crippen LogP contribution in [-0.2, 0) is 11.3 Å². The van der Waals surface area contributed by atoms with Crippen LogP contribution in [0.15, 0.2) is 36.4 Å². The van der Waals surface area contributed by atoms with Crippen molar-refractivity contribution < 1.29 is 23.4 Å². The fourth-order valence-electron chi connectivity index (χ4n) is 3.52. The topological polar surface area (TPSA) is 63.3 Å². The van der Waals surface area contributed by atoms with Crippen LogP contribution in [0.4, 0.5) is 10.1 Å². The molecule has 30 heavy (non-hydrogen) atoms. The summed E-state index contributed by atoms with van der Waals surface area (Å²) < 4.78 is 29.4. The Morgan fingerprint density at radius 3 is 2.27 bits per heavy atom. The normalized spacial score (nSPS) is 14.9. The first-order valence-electron chi connectivity index (χ1n) is 9.81. The van der Waals surface area contributed by atoms with Gasteiger partial charge in [0.15, 0.2) is 0 Å². The van der Waals surface area contributed by atoms with E-state index in [9.17, 15) is 9.18 Å². The standard InChI is InChI=1S/C22H28FN3O4/c1-28-18-5-7-21(30-3)19(13-18)24-22(27)15-26-10-8-25(9-11-26)14-16-12-17(23)4-6-20(16)29-2/h4-7,12-13H,8-11,14-15H2,1-3H3,(H,24,27). The largest absolute Gasteiger partial charge is 0.497 e. The summed E-state index contributed by atoms with van der Waals surface area (Å²) in [6, 6.07) is 9.84. The second-order valence-corrected chi connectivity index (χ2v) is 7.12. The van der Waals surface area contributed by atoms with Crippen LogP contribution in [0.25, 0.3) is 0 Å². The highest BCUT2D eigenvalue weighted by atomic mass is 19.1. The predicted octanol–water partition coefficient (Wildman–Crippen LogP) is 2.61. The number of methoxy groups -OCH3 is 3. The van der Waals surface area contributed by atoms with E-state index in [-0.39, 0.29) is 18.3 Å². The van der Waals surface area contributed by atoms with Gasteiger partial charge in [0.25, 0.3) is 0 Å². The number of halogens is 1. The number of nitrogens with zero attached hydrogens (tertiary/aromatic N) is 2. The van der Waals surface area contributed by atoms with E-state index in [4.69, 9.17) is 14.2 Å². The summed E-state index contributed by atoms with van der Waals surface area (Å²) in [4.78, 5) is 16.9. The lowest BCUT2D eigenvalue weighted by molar-refractivity contribution is -0.117. The number of benzene rings is 2. The van der Waals surface area contributed by atoms with Gasteiger partial charge in [-0.05, 0) is 30.3 Å². The van der Waals surface area contributed by atoms with Crippen LogP contribution in [0.3, 0.4) is 0 Å². The smallest absolute Gasteiger partial charge is 0.238 e. The summed E-state index contributed by atoms with van der Waals surface area (Å²) in [5.74, 6) is 1.53. The molecule has 1 fully saturated rings. The molecule has 0 aliphatic carbocycles. The SMILES string of the molecule is COc1ccc(OC)c(NC(=O)CN2CCN(Cc3cc(F)ccc3OC)CC2)c1. The Labute approximate surface area is 176 Å². The quantitative estimate of drug-likeness (QED) is 0.713. The molecule has 7 nitrogen and oxygen atoms in total. The third-order valence-electron chi connectivity index (χ3n) is 5.15. The average Bonchev–Trinajstić information content (AvgIpc) is 2.75. The minimum atomic E-state index is -0.269. The van der Waals surface area contributed by atoms with Crippen LogP contribution >= 0.6 is 0 Å². The first-order chi connectivity index (χ1) is 14.5. The number of hydrogen-bond acceptors (Lipinski definition) is 6. The van der Waals surface area contributed by atoms with Crippen molar-refractivity contribution in [1.29, 1.82) is 0 Å². The Morgan fingerprint density at radius 2 is 1.60 bits per heavy atom. The predicted molar refractivity (Wildman–Crippen MR) is 113 cm³/mol. The maximum absolute atomic E-state index is 13.6. The number of hydrogen-bond donors (Lipinski definition) is 1. The number of nitrogens with one attached hydrogen (secondary N) is 1. The molecule has 8 heteroatoms. The van der Waals surface area contributed by atoms with Gasteiger partial charge in [-0.1, -0.05) is 0 Å². The summed E-state index contributed by atoms with van der Waals surface area (Å²) in [5.41, 5.74) is 1.41. The van der Waals surface area contributed by atoms with Crippen LogP contribution in [0.2, 0.25) is 0 Å². The number of anilines is 1. The lowest BCUT2D eigenvalue weighted by atomic mass is 10.1. The van der Waals surface area contributed by atoms with Crippen molar-refractivity contribution in [3.63, 3.8) is 0 Å². The second-order valence-electron chi connectivity index (χ2n) is 7.12. The third kappa shape index (κ3) is 5.61. The molecule has 1 aliphatic rings. The fraction of sp³-hybridized carbons (Fsp3) is 0.409. The number of carbonyl (C=O) groups excluding carboxylic acids is 1. The lowest BCUT2D eigenvalue weighted by Crippen LogP contribution is -2.48. The molecule has 1 amide bonds. The van der Waals surface area contributed by atoms with Gasteiger partial charge in [0, 0.05) is 44.4 Å². The summed E-state index contributed by atoms with van der Waals surface area (Å²) in [6.07, 6.45) is 0. The maximum atomic E-state index is 13.6. The van der Waals surface area contributed by atoms with E-state index >= 15 is 0 Å². The Hall–Kier alpha value is -2.84. The van der Waals surface area contributed by atoms with Crippen molar-refractivity contribution in [3.05, 3.63) is 47.8 Å². The number of piperazine rings is 1. The molecule has 0 aromatic heterocycles. The van der Waals surface area contributed by atoms with E-state index in [2.05, 4.69) is 15.1 Å². The van der Waals surface area contributed by atoms with Gasteiger partial charge >= 0.3 is 0 Å². The Balaban J connectivity index is 1.51. The molecular weight excluding hydrogens is 389 g/mol. The molecule has 0 spiro atoms. The monoisotopic (exact) mass is 417 g/mol. The van der Waals surface area contributed by atoms with E-state index in [0.717, 1.165) is 31.7 Å². The molecule has 1 saturated heterocycles. The Bertz CT molecular complexity index is 869. The Kier molecular flexibility index (Phi) is 7.48. The number of carbonyl (C=O) groups is 1. The van der Waals surface area contributed by atoms with Crippen LogP contribution in [0.5, 0.6) is 17.2 Å². The molecule has 3 rings (SSSR count). The van der Waals surface area contributed by atoms with Gasteiger partial charge < -0.3 is 19.5 Å². The van der Waals surface area contributed by atoms with Gasteiger partial charge in [0.2, 0.25) is 5.91 Å². The molecule has 2 aromatic carbocycles. The zero-order chi connectivity index (χ0) is 21.5. The van der Waals surface area contributed by atoms with Crippen molar-refractivity contribution in [1.82, 2.24) is 9.80 Å². The second kappa shape index (κ2) is 10.3. The molecule has 1 heterocycles. The molecule has 0 saturated carbocycles. The third-order valence-corrected chi connectivity index (χ3v) is 5.15. The highest BCUT2D eigenvalue weighted by Gasteiger charge is 2.21. The molecule has 0 bridgehead atoms. The van der Waals surface area contributed by atoms with Crippen molar-refractivity contribution in [2.45, 2.75) is 6.54 Å². The van der Waals surface area contributed by atoms with Gasteiger partial charge in [-0.2, -0.15) is 0 Å². The molecule has 2 aromatic rings. The number of amides is 1. The summed E-state index contributed by atoms with van der Waals surface area (Å²) in [7, 11) is 4.72. The van der Waals surface area contributed by atoms with Gasteiger partial charge in [-0.25, -0.2) is 4.39 Å². The summed E-state index contributed by atoms with van der Waals surface area (Å²) in [6.45, 7) is 3.98. The van der Waals surface area contributed by atoms with Crippen LogP contribution in [0.1, 0.15) is 5.56 Å². The van der Waals surface area contributed by atoms with Crippen LogP contribution in [-0.4, -0.2) is 69.8 Å². The fourth-order valence-corrected chi connectivity index (χ4v) is 3.52. The van der Waals surface area contributed by atoms with E-state index in [1.807, 2.05) is 0 Å². The molecule has 1 aliphatic heterocycles. The van der Waals surface area contributed by atoms with E-state index in [0.29, 0.717) is 29.5 Å². The molecule has 162 valence electrons. The number of ether oxygens (including phenoxy) is 3. The molecule has 0 radical (unpaired) electrons. The molecule has 1 N–H and O–H groups in total. The molecular formula is C22H28FN3O4. The minimum absolute atomic E-state index is 0.109. The highest BCUT2D eigenvalue weighted by Crippen LogP contribution is 2.29. The summed E-state index contributed by atoms with van der Waals surface area (Å²) >= 11 is 0. The minimum Gasteiger partial charge on any atom is -0.497 e. The molecule has 0 atom stereocenters. The van der Waals surface area contributed by atoms with Crippen LogP contribution in [0, 0.1) is 5.82 Å².